The Kier molecular flexibility index (Phi) is 3.33. The first-order valence-corrected chi connectivity index (χ1v) is 4.22. The zero-order valence-corrected chi connectivity index (χ0v) is 8.25. The molecule has 0 bridgehead atoms. The van der Waals surface area contributed by atoms with E-state index < -0.39 is 11.7 Å². The van der Waals surface area contributed by atoms with Crippen molar-refractivity contribution >= 4 is 34.9 Å². The van der Waals surface area contributed by atoms with E-state index in [1.807, 2.05) is 0 Å². The number of hydrogen-bond donors (Lipinski definition) is 2. The molecule has 0 aliphatic carbocycles. The number of aliphatic carboxylic acids is 1. The van der Waals surface area contributed by atoms with Crippen LogP contribution in [0.3, 0.4) is 0 Å². The monoisotopic (exact) mass is 233 g/mol. The first-order chi connectivity index (χ1) is 6.56. The normalized spacial score (nSPS) is 11.4. The van der Waals surface area contributed by atoms with Crippen molar-refractivity contribution in [2.24, 2.45) is 5.16 Å². The van der Waals surface area contributed by atoms with Crippen LogP contribution >= 0.6 is 23.2 Å². The molecule has 0 aliphatic heterocycles. The van der Waals surface area contributed by atoms with Crippen LogP contribution in [0.5, 0.6) is 0 Å². The second-order valence-electron chi connectivity index (χ2n) is 2.38. The largest absolute Gasteiger partial charge is 0.476 e. The first-order valence-electron chi connectivity index (χ1n) is 3.47. The van der Waals surface area contributed by atoms with E-state index in [1.165, 1.54) is 18.2 Å². The van der Waals surface area contributed by atoms with Crippen molar-refractivity contribution < 1.29 is 15.1 Å². The molecule has 0 amide bonds. The summed E-state index contributed by atoms with van der Waals surface area (Å²) < 4.78 is 0. The average Bonchev–Trinajstić information content (AvgIpc) is 2.11. The third-order valence-corrected chi connectivity index (χ3v) is 2.23. The highest BCUT2D eigenvalue weighted by Gasteiger charge is 2.14. The van der Waals surface area contributed by atoms with E-state index in [-0.39, 0.29) is 10.6 Å². The number of halogens is 2. The highest BCUT2D eigenvalue weighted by molar-refractivity contribution is 6.45. The van der Waals surface area contributed by atoms with E-state index in [2.05, 4.69) is 5.16 Å². The number of carboxylic acid groups (broad SMARTS) is 1. The van der Waals surface area contributed by atoms with Crippen molar-refractivity contribution in [2.45, 2.75) is 0 Å². The van der Waals surface area contributed by atoms with E-state index in [1.54, 1.807) is 0 Å². The minimum Gasteiger partial charge on any atom is -0.476 e. The summed E-state index contributed by atoms with van der Waals surface area (Å²) >= 11 is 11.3. The number of benzene rings is 1. The Bertz CT molecular complexity index is 404. The summed E-state index contributed by atoms with van der Waals surface area (Å²) in [6, 6.07) is 4.14. The Morgan fingerprint density at radius 3 is 2.36 bits per heavy atom. The Hall–Kier alpha value is -1.26. The number of carboxylic acids is 1. The van der Waals surface area contributed by atoms with Crippen LogP contribution in [0.1, 0.15) is 5.56 Å². The van der Waals surface area contributed by atoms with Crippen LogP contribution in [0.25, 0.3) is 0 Å². The van der Waals surface area contributed by atoms with E-state index in [9.17, 15) is 4.79 Å². The summed E-state index contributed by atoms with van der Waals surface area (Å²) in [5, 5.41) is 20.2. The van der Waals surface area contributed by atoms with Crippen LogP contribution in [-0.2, 0) is 4.79 Å². The first kappa shape index (κ1) is 10.8. The van der Waals surface area contributed by atoms with Gasteiger partial charge in [-0.25, -0.2) is 4.79 Å². The van der Waals surface area contributed by atoms with Crippen LogP contribution in [0, 0.1) is 0 Å². The van der Waals surface area contributed by atoms with Gasteiger partial charge in [-0.1, -0.05) is 34.4 Å². The molecule has 0 heterocycles. The average molecular weight is 234 g/mol. The van der Waals surface area contributed by atoms with Crippen molar-refractivity contribution in [2.75, 3.05) is 0 Å². The summed E-state index contributed by atoms with van der Waals surface area (Å²) in [4.78, 5) is 10.6. The molecule has 0 atom stereocenters. The van der Waals surface area contributed by atoms with Gasteiger partial charge in [-0.05, 0) is 12.1 Å². The van der Waals surface area contributed by atoms with Gasteiger partial charge in [0.25, 0.3) is 0 Å². The molecule has 0 spiro atoms. The maximum Gasteiger partial charge on any atom is 0.358 e. The lowest BCUT2D eigenvalue weighted by Gasteiger charge is -2.00. The standard InChI is InChI=1S/C8H5Cl2NO3/c9-5-2-1-4(3-6(5)10)7(11-14)8(12)13/h1-3,14H,(H,12,13)/b11-7+. The fourth-order valence-corrected chi connectivity index (χ4v) is 1.17. The van der Waals surface area contributed by atoms with Crippen LogP contribution < -0.4 is 0 Å². The van der Waals surface area contributed by atoms with Gasteiger partial charge < -0.3 is 10.3 Å². The maximum atomic E-state index is 10.6. The van der Waals surface area contributed by atoms with Crippen molar-refractivity contribution in [1.82, 2.24) is 0 Å². The molecule has 0 aliphatic rings. The number of nitrogens with zero attached hydrogens (tertiary/aromatic N) is 1. The summed E-state index contributed by atoms with van der Waals surface area (Å²) in [6.45, 7) is 0. The van der Waals surface area contributed by atoms with E-state index in [0.717, 1.165) is 0 Å². The fourth-order valence-electron chi connectivity index (χ4n) is 0.867. The minimum absolute atomic E-state index is 0.189. The predicted octanol–water partition coefficient (Wildman–Crippen LogP) is 2.26. The molecule has 0 saturated heterocycles. The van der Waals surface area contributed by atoms with Gasteiger partial charge in [0, 0.05) is 5.56 Å². The predicted molar refractivity (Wildman–Crippen MR) is 52.4 cm³/mol. The number of carbonyl (C=O) groups is 1. The van der Waals surface area contributed by atoms with Crippen LogP contribution in [-0.4, -0.2) is 22.0 Å². The summed E-state index contributed by atoms with van der Waals surface area (Å²) in [5.74, 6) is -1.34. The van der Waals surface area contributed by atoms with Crippen molar-refractivity contribution in [3.63, 3.8) is 0 Å². The molecule has 1 aromatic carbocycles. The molecule has 2 N–H and O–H groups in total. The van der Waals surface area contributed by atoms with Gasteiger partial charge in [0.2, 0.25) is 0 Å². The van der Waals surface area contributed by atoms with E-state index in [4.69, 9.17) is 33.5 Å². The highest BCUT2D eigenvalue weighted by Crippen LogP contribution is 2.22. The molecule has 14 heavy (non-hydrogen) atoms. The molecule has 4 nitrogen and oxygen atoms in total. The zero-order valence-electron chi connectivity index (χ0n) is 6.74. The second kappa shape index (κ2) is 4.30. The molecular formula is C8H5Cl2NO3. The lowest BCUT2D eigenvalue weighted by atomic mass is 10.1. The van der Waals surface area contributed by atoms with E-state index in [0.29, 0.717) is 5.02 Å². The SMILES string of the molecule is O=C(O)/C(=N/O)c1ccc(Cl)c(Cl)c1. The van der Waals surface area contributed by atoms with Gasteiger partial charge in [0.1, 0.15) is 0 Å². The van der Waals surface area contributed by atoms with Gasteiger partial charge in [-0.2, -0.15) is 0 Å². The zero-order chi connectivity index (χ0) is 10.7. The van der Waals surface area contributed by atoms with Gasteiger partial charge in [0.15, 0.2) is 5.71 Å². The topological polar surface area (TPSA) is 69.9 Å². The highest BCUT2D eigenvalue weighted by atomic mass is 35.5. The van der Waals surface area contributed by atoms with Crippen LogP contribution in [0.2, 0.25) is 10.0 Å². The molecular weight excluding hydrogens is 229 g/mol. The molecule has 0 radical (unpaired) electrons. The molecule has 1 aromatic rings. The molecule has 0 unspecified atom stereocenters. The molecule has 74 valence electrons. The molecule has 0 saturated carbocycles. The minimum atomic E-state index is -1.34. The Labute approximate surface area is 89.4 Å². The molecule has 0 fully saturated rings. The third-order valence-electron chi connectivity index (χ3n) is 1.50. The van der Waals surface area contributed by atoms with Gasteiger partial charge in [0.05, 0.1) is 10.0 Å². The van der Waals surface area contributed by atoms with Gasteiger partial charge in [-0.3, -0.25) is 0 Å². The van der Waals surface area contributed by atoms with Crippen LogP contribution in [0.4, 0.5) is 0 Å². The lowest BCUT2D eigenvalue weighted by Crippen LogP contribution is -2.14. The van der Waals surface area contributed by atoms with Crippen molar-refractivity contribution in [3.8, 4) is 0 Å². The maximum absolute atomic E-state index is 10.6. The second-order valence-corrected chi connectivity index (χ2v) is 3.20. The van der Waals surface area contributed by atoms with Crippen LogP contribution in [0.15, 0.2) is 23.4 Å². The van der Waals surface area contributed by atoms with Crippen molar-refractivity contribution in [3.05, 3.63) is 33.8 Å². The number of hydrogen-bond acceptors (Lipinski definition) is 3. The Morgan fingerprint density at radius 2 is 1.93 bits per heavy atom. The number of oxime groups is 1. The van der Waals surface area contributed by atoms with E-state index >= 15 is 0 Å². The molecule has 0 aromatic heterocycles. The van der Waals surface area contributed by atoms with Crippen molar-refractivity contribution in [1.29, 1.82) is 0 Å². The van der Waals surface area contributed by atoms with Gasteiger partial charge in [-0.15, -0.1) is 0 Å². The third kappa shape index (κ3) is 2.16. The Morgan fingerprint density at radius 1 is 1.29 bits per heavy atom. The summed E-state index contributed by atoms with van der Waals surface area (Å²) in [5.41, 5.74) is -0.294. The quantitative estimate of drug-likeness (QED) is 0.468. The van der Waals surface area contributed by atoms with Gasteiger partial charge >= 0.3 is 5.97 Å². The number of rotatable bonds is 2. The molecule has 1 rings (SSSR count). The molecule has 6 heteroatoms. The smallest absolute Gasteiger partial charge is 0.358 e. The lowest BCUT2D eigenvalue weighted by molar-refractivity contribution is -0.129. The summed E-state index contributed by atoms with van der Waals surface area (Å²) in [7, 11) is 0. The summed E-state index contributed by atoms with van der Waals surface area (Å²) in [6.07, 6.45) is 0. The Balaban J connectivity index is 3.20. The fraction of sp³-hybridized carbons (Fsp3) is 0.